The fourth-order valence-electron chi connectivity index (χ4n) is 2.28. The number of aromatic nitrogens is 4. The van der Waals surface area contributed by atoms with Gasteiger partial charge in [-0.2, -0.15) is 4.98 Å². The Hall–Kier alpha value is -2.80. The second-order valence-corrected chi connectivity index (χ2v) is 6.05. The molecule has 0 unspecified atom stereocenters. The highest BCUT2D eigenvalue weighted by atomic mass is 32.2. The number of nitrogens with zero attached hydrogens (tertiary/aromatic N) is 4. The fourth-order valence-corrected chi connectivity index (χ4v) is 3.08. The van der Waals surface area contributed by atoms with Crippen molar-refractivity contribution in [3.8, 4) is 11.7 Å². The number of hydrogen-bond acceptors (Lipinski definition) is 6. The summed E-state index contributed by atoms with van der Waals surface area (Å²) in [6.45, 7) is 0.785. The number of imidazole rings is 1. The van der Waals surface area contributed by atoms with Crippen molar-refractivity contribution in [2.45, 2.75) is 17.5 Å². The van der Waals surface area contributed by atoms with Crippen molar-refractivity contribution in [1.82, 2.24) is 19.7 Å². The maximum Gasteiger partial charge on any atom is 0.293 e. The number of thioether (sulfide) groups is 1. The Morgan fingerprint density at radius 1 is 1.08 bits per heavy atom. The minimum absolute atomic E-state index is 0.392. The third kappa shape index (κ3) is 3.26. The van der Waals surface area contributed by atoms with E-state index in [0.717, 1.165) is 11.7 Å². The van der Waals surface area contributed by atoms with E-state index in [9.17, 15) is 0 Å². The van der Waals surface area contributed by atoms with Crippen LogP contribution >= 0.6 is 11.8 Å². The van der Waals surface area contributed by atoms with E-state index in [1.807, 2.05) is 24.4 Å². The van der Waals surface area contributed by atoms with Crippen LogP contribution in [-0.2, 0) is 12.3 Å². The van der Waals surface area contributed by atoms with Gasteiger partial charge in [0.2, 0.25) is 0 Å². The molecule has 0 amide bonds. The van der Waals surface area contributed by atoms with Gasteiger partial charge in [0, 0.05) is 18.9 Å². The quantitative estimate of drug-likeness (QED) is 0.497. The van der Waals surface area contributed by atoms with Crippen LogP contribution in [0.2, 0.25) is 0 Å². The first-order valence-electron chi connectivity index (χ1n) is 7.43. The summed E-state index contributed by atoms with van der Waals surface area (Å²) in [6, 6.07) is 13.9. The molecule has 0 spiro atoms. The zero-order valence-electron chi connectivity index (χ0n) is 12.7. The van der Waals surface area contributed by atoms with Crippen LogP contribution in [0.1, 0.15) is 11.4 Å². The summed E-state index contributed by atoms with van der Waals surface area (Å²) in [5, 5.41) is 4.90. The number of benzene rings is 1. The fraction of sp³-hybridized carbons (Fsp3) is 0.118. The van der Waals surface area contributed by atoms with Crippen LogP contribution < -0.4 is 0 Å². The Labute approximate surface area is 142 Å². The lowest BCUT2D eigenvalue weighted by Gasteiger charge is -2.06. The average Bonchev–Trinajstić information content (AvgIpc) is 3.36. The average molecular weight is 338 g/mol. The standard InChI is InChI=1S/C17H14N4O2S/c1-2-5-13(6-3-1)11-21-9-8-18-17(21)24-12-15-19-16(23-20-15)14-7-4-10-22-14/h1-10H,11-12H2. The minimum Gasteiger partial charge on any atom is -0.459 e. The van der Waals surface area contributed by atoms with Gasteiger partial charge in [0.15, 0.2) is 16.7 Å². The van der Waals surface area contributed by atoms with Crippen LogP contribution in [0.15, 0.2) is 75.2 Å². The van der Waals surface area contributed by atoms with E-state index in [4.69, 9.17) is 8.94 Å². The van der Waals surface area contributed by atoms with E-state index < -0.39 is 0 Å². The molecule has 1 aromatic carbocycles. The molecule has 0 saturated carbocycles. The number of hydrogen-bond donors (Lipinski definition) is 0. The molecule has 0 aliphatic carbocycles. The van der Waals surface area contributed by atoms with Crippen molar-refractivity contribution in [3.63, 3.8) is 0 Å². The van der Waals surface area contributed by atoms with Gasteiger partial charge in [-0.15, -0.1) is 0 Å². The summed E-state index contributed by atoms with van der Waals surface area (Å²) in [4.78, 5) is 8.74. The molecule has 0 aliphatic rings. The van der Waals surface area contributed by atoms with Gasteiger partial charge in [0.1, 0.15) is 0 Å². The molecule has 4 aromatic rings. The van der Waals surface area contributed by atoms with E-state index in [-0.39, 0.29) is 0 Å². The van der Waals surface area contributed by atoms with Crippen molar-refractivity contribution in [1.29, 1.82) is 0 Å². The molecule has 3 heterocycles. The smallest absolute Gasteiger partial charge is 0.293 e. The van der Waals surface area contributed by atoms with Crippen LogP contribution in [0.4, 0.5) is 0 Å². The van der Waals surface area contributed by atoms with Gasteiger partial charge in [-0.25, -0.2) is 4.98 Å². The van der Waals surface area contributed by atoms with E-state index in [1.165, 1.54) is 5.56 Å². The second-order valence-electron chi connectivity index (χ2n) is 5.11. The van der Waals surface area contributed by atoms with Gasteiger partial charge in [-0.1, -0.05) is 47.3 Å². The van der Waals surface area contributed by atoms with Gasteiger partial charge in [0.25, 0.3) is 5.89 Å². The third-order valence-electron chi connectivity index (χ3n) is 3.40. The van der Waals surface area contributed by atoms with Gasteiger partial charge in [-0.05, 0) is 17.7 Å². The zero-order valence-corrected chi connectivity index (χ0v) is 13.5. The highest BCUT2D eigenvalue weighted by Gasteiger charge is 2.12. The first kappa shape index (κ1) is 14.8. The first-order valence-corrected chi connectivity index (χ1v) is 8.41. The molecule has 0 N–H and O–H groups in total. The van der Waals surface area contributed by atoms with Crippen LogP contribution in [0.5, 0.6) is 0 Å². The van der Waals surface area contributed by atoms with Crippen molar-refractivity contribution in [2.75, 3.05) is 0 Å². The van der Waals surface area contributed by atoms with Crippen molar-refractivity contribution in [2.24, 2.45) is 0 Å². The van der Waals surface area contributed by atoms with Crippen LogP contribution in [0.3, 0.4) is 0 Å². The number of furan rings is 1. The zero-order chi connectivity index (χ0) is 16.2. The SMILES string of the molecule is c1ccc(Cn2ccnc2SCc2noc(-c3ccco3)n2)cc1. The Morgan fingerprint density at radius 2 is 2.00 bits per heavy atom. The lowest BCUT2D eigenvalue weighted by molar-refractivity contribution is 0.411. The molecule has 0 bridgehead atoms. The van der Waals surface area contributed by atoms with Crippen molar-refractivity contribution >= 4 is 11.8 Å². The second kappa shape index (κ2) is 6.76. The molecule has 7 heteroatoms. The van der Waals surface area contributed by atoms with Gasteiger partial charge in [0.05, 0.1) is 12.0 Å². The molecule has 120 valence electrons. The van der Waals surface area contributed by atoms with Crippen molar-refractivity contribution < 1.29 is 8.94 Å². The topological polar surface area (TPSA) is 69.9 Å². The minimum atomic E-state index is 0.392. The Balaban J connectivity index is 1.43. The van der Waals surface area contributed by atoms with Crippen LogP contribution in [0, 0.1) is 0 Å². The predicted octanol–water partition coefficient (Wildman–Crippen LogP) is 3.87. The van der Waals surface area contributed by atoms with Crippen molar-refractivity contribution in [3.05, 3.63) is 72.5 Å². The summed E-state index contributed by atoms with van der Waals surface area (Å²) >= 11 is 1.57. The van der Waals surface area contributed by atoms with E-state index in [1.54, 1.807) is 36.4 Å². The van der Waals surface area contributed by atoms with Gasteiger partial charge in [-0.3, -0.25) is 0 Å². The first-order chi connectivity index (χ1) is 11.9. The third-order valence-corrected chi connectivity index (χ3v) is 4.40. The molecule has 0 radical (unpaired) electrons. The summed E-state index contributed by atoms with van der Waals surface area (Å²) in [5.41, 5.74) is 1.23. The molecule has 0 aliphatic heterocycles. The molecule has 24 heavy (non-hydrogen) atoms. The highest BCUT2D eigenvalue weighted by molar-refractivity contribution is 7.98. The van der Waals surface area contributed by atoms with Gasteiger partial charge >= 0.3 is 0 Å². The summed E-state index contributed by atoms with van der Waals surface area (Å²) in [5.74, 6) is 2.16. The normalized spacial score (nSPS) is 11.0. The monoisotopic (exact) mass is 338 g/mol. The molecule has 4 rings (SSSR count). The van der Waals surface area contributed by atoms with Gasteiger partial charge < -0.3 is 13.5 Å². The molecular weight excluding hydrogens is 324 g/mol. The van der Waals surface area contributed by atoms with Crippen LogP contribution in [-0.4, -0.2) is 19.7 Å². The van der Waals surface area contributed by atoms with E-state index >= 15 is 0 Å². The lowest BCUT2D eigenvalue weighted by Crippen LogP contribution is -2.00. The maximum absolute atomic E-state index is 5.25. The molecule has 6 nitrogen and oxygen atoms in total. The van der Waals surface area contributed by atoms with E-state index in [2.05, 4.69) is 31.8 Å². The number of rotatable bonds is 6. The predicted molar refractivity (Wildman–Crippen MR) is 89.3 cm³/mol. The largest absolute Gasteiger partial charge is 0.459 e. The Morgan fingerprint density at radius 3 is 2.83 bits per heavy atom. The molecule has 3 aromatic heterocycles. The summed E-state index contributed by atoms with van der Waals surface area (Å²) in [7, 11) is 0. The molecule has 0 fully saturated rings. The lowest BCUT2D eigenvalue weighted by atomic mass is 10.2. The maximum atomic E-state index is 5.25. The Kier molecular flexibility index (Phi) is 4.16. The summed E-state index contributed by atoms with van der Waals surface area (Å²) in [6.07, 6.45) is 5.35. The summed E-state index contributed by atoms with van der Waals surface area (Å²) < 4.78 is 12.6. The highest BCUT2D eigenvalue weighted by Crippen LogP contribution is 2.23. The Bertz CT molecular complexity index is 900. The molecule has 0 saturated heterocycles. The molecule has 0 atom stereocenters. The molecular formula is C17H14N4O2S. The van der Waals surface area contributed by atoms with E-state index in [0.29, 0.717) is 23.2 Å². The van der Waals surface area contributed by atoms with Crippen LogP contribution in [0.25, 0.3) is 11.7 Å².